The molecule has 0 radical (unpaired) electrons. The quantitative estimate of drug-likeness (QED) is 0.293. The van der Waals surface area contributed by atoms with E-state index in [0.29, 0.717) is 0 Å². The summed E-state index contributed by atoms with van der Waals surface area (Å²) in [4.78, 5) is 0. The largest absolute Gasteiger partial charge is 0.0693 e. The van der Waals surface area contributed by atoms with Crippen LogP contribution in [0.5, 0.6) is 0 Å². The average molecular weight is 739 g/mol. The minimum atomic E-state index is 0. The van der Waals surface area contributed by atoms with Crippen LogP contribution in [0.25, 0.3) is 0 Å². The van der Waals surface area contributed by atoms with Gasteiger partial charge in [-0.1, -0.05) is 164 Å². The van der Waals surface area contributed by atoms with E-state index in [0.717, 1.165) is 30.1 Å². The normalized spacial score (nSPS) is 15.8. The monoisotopic (exact) mass is 738 g/mol. The Hall–Kier alpha value is -1.91. The molecule has 2 unspecified atom stereocenters. The van der Waals surface area contributed by atoms with E-state index in [1.807, 2.05) is 27.7 Å². The van der Waals surface area contributed by atoms with Crippen LogP contribution in [0.15, 0.2) is 95.1 Å². The van der Waals surface area contributed by atoms with Crippen molar-refractivity contribution < 1.29 is 21.1 Å². The molecule has 2 aromatic rings. The maximum atomic E-state index is 2.32. The second-order valence-electron chi connectivity index (χ2n) is 12.1. The second kappa shape index (κ2) is 21.7. The van der Waals surface area contributed by atoms with E-state index in [2.05, 4.69) is 128 Å². The minimum Gasteiger partial charge on any atom is -0.0693 e. The summed E-state index contributed by atoms with van der Waals surface area (Å²) in [7, 11) is 0. The van der Waals surface area contributed by atoms with Crippen molar-refractivity contribution in [1.29, 1.82) is 0 Å². The van der Waals surface area contributed by atoms with Gasteiger partial charge in [-0.05, 0) is 91.9 Å². The van der Waals surface area contributed by atoms with Crippen molar-refractivity contribution in [2.75, 3.05) is 0 Å². The third-order valence-corrected chi connectivity index (χ3v) is 8.58. The Balaban J connectivity index is 0.000000570. The number of aryl methyl sites for hydroxylation is 2. The number of hydrogen-bond donors (Lipinski definition) is 0. The first-order chi connectivity index (χ1) is 19.7. The average Bonchev–Trinajstić information content (AvgIpc) is 3.58. The Kier molecular flexibility index (Phi) is 20.7. The van der Waals surface area contributed by atoms with Gasteiger partial charge in [-0.15, -0.1) is 0 Å². The van der Waals surface area contributed by atoms with Gasteiger partial charge in [0.2, 0.25) is 0 Å². The van der Waals surface area contributed by atoms with E-state index in [1.165, 1.54) is 59.1 Å². The van der Waals surface area contributed by atoms with E-state index < -0.39 is 0 Å². The van der Waals surface area contributed by atoms with Crippen molar-refractivity contribution in [1.82, 2.24) is 0 Å². The van der Waals surface area contributed by atoms with Gasteiger partial charge < -0.3 is 0 Å². The molecule has 0 nitrogen and oxygen atoms in total. The van der Waals surface area contributed by atoms with Gasteiger partial charge in [0, 0.05) is 21.1 Å². The Morgan fingerprint density at radius 3 is 1.02 bits per heavy atom. The molecule has 0 heterocycles. The maximum Gasteiger partial charge on any atom is 0 e. The molecule has 0 aromatic heterocycles. The van der Waals surface area contributed by atoms with Crippen LogP contribution in [0.2, 0.25) is 0 Å². The second-order valence-corrected chi connectivity index (χ2v) is 12.1. The molecule has 0 saturated heterocycles. The molecule has 0 saturated carbocycles. The Labute approximate surface area is 276 Å². The zero-order valence-electron chi connectivity index (χ0n) is 29.2. The summed E-state index contributed by atoms with van der Waals surface area (Å²) in [5, 5.41) is 0. The molecule has 2 aromatic carbocycles. The number of fused-ring (bicyclic) bond motifs is 2. The van der Waals surface area contributed by atoms with Crippen molar-refractivity contribution in [3.05, 3.63) is 117 Å². The van der Waals surface area contributed by atoms with Crippen molar-refractivity contribution in [2.45, 2.75) is 115 Å². The summed E-state index contributed by atoms with van der Waals surface area (Å²) >= 11 is 0. The molecule has 3 aliphatic carbocycles. The molecular formula is C41H62W. The third kappa shape index (κ3) is 13.2. The Bertz CT molecular complexity index is 1060. The molecule has 0 N–H and O–H groups in total. The van der Waals surface area contributed by atoms with E-state index in [9.17, 15) is 0 Å². The summed E-state index contributed by atoms with van der Waals surface area (Å²) in [5.41, 5.74) is 12.3. The van der Waals surface area contributed by atoms with Crippen LogP contribution < -0.4 is 0 Å². The third-order valence-electron chi connectivity index (χ3n) is 8.58. The fourth-order valence-corrected chi connectivity index (χ4v) is 5.28. The Morgan fingerprint density at radius 1 is 0.452 bits per heavy atom. The first-order valence-corrected chi connectivity index (χ1v) is 16.5. The molecule has 42 heavy (non-hydrogen) atoms. The van der Waals surface area contributed by atoms with E-state index >= 15 is 0 Å². The fourth-order valence-electron chi connectivity index (χ4n) is 5.28. The first kappa shape index (κ1) is 40.1. The van der Waals surface area contributed by atoms with Crippen molar-refractivity contribution in [3.63, 3.8) is 0 Å². The molecule has 5 rings (SSSR count). The summed E-state index contributed by atoms with van der Waals surface area (Å²) in [6.45, 7) is 26.2. The number of allylic oxidation sites excluding steroid dienone is 8. The van der Waals surface area contributed by atoms with Crippen LogP contribution in [0.1, 0.15) is 118 Å². The van der Waals surface area contributed by atoms with Gasteiger partial charge >= 0.3 is 0 Å². The van der Waals surface area contributed by atoms with Crippen molar-refractivity contribution in [3.8, 4) is 0 Å². The number of hydrogen-bond acceptors (Lipinski definition) is 0. The molecule has 232 valence electrons. The van der Waals surface area contributed by atoms with Crippen LogP contribution in [0, 0.1) is 23.7 Å². The van der Waals surface area contributed by atoms with E-state index in [4.69, 9.17) is 0 Å². The van der Waals surface area contributed by atoms with Crippen LogP contribution >= 0.6 is 0 Å². The van der Waals surface area contributed by atoms with Crippen LogP contribution in [0.4, 0.5) is 0 Å². The summed E-state index contributed by atoms with van der Waals surface area (Å²) in [6.07, 6.45) is 15.0. The number of benzene rings is 2. The molecule has 0 aliphatic heterocycles. The Morgan fingerprint density at radius 2 is 0.762 bits per heavy atom. The van der Waals surface area contributed by atoms with Gasteiger partial charge in [0.25, 0.3) is 0 Å². The van der Waals surface area contributed by atoms with E-state index in [1.54, 1.807) is 11.1 Å². The zero-order chi connectivity index (χ0) is 30.9. The predicted molar refractivity (Wildman–Crippen MR) is 187 cm³/mol. The van der Waals surface area contributed by atoms with Gasteiger partial charge in [-0.25, -0.2) is 0 Å². The van der Waals surface area contributed by atoms with Gasteiger partial charge in [0.1, 0.15) is 0 Å². The maximum absolute atomic E-state index is 2.32. The molecule has 2 atom stereocenters. The minimum absolute atomic E-state index is 0. The molecule has 3 aliphatic rings. The van der Waals surface area contributed by atoms with Gasteiger partial charge in [0.05, 0.1) is 0 Å². The van der Waals surface area contributed by atoms with Crippen LogP contribution in [0.3, 0.4) is 0 Å². The van der Waals surface area contributed by atoms with E-state index in [-0.39, 0.29) is 21.1 Å². The van der Waals surface area contributed by atoms with Gasteiger partial charge in [-0.2, -0.15) is 0 Å². The topological polar surface area (TPSA) is 0 Å². The SMILES string of the molecule is CC.CC.CC1=CC=C(C(C)C(C)C)C1.CC1=CC=C(C(C)C(C)C)C1.[W].c1ccc2c(c1)CCc1ccccc1C2. The smallest absolute Gasteiger partial charge is 0 e. The molecule has 0 spiro atoms. The van der Waals surface area contributed by atoms with Crippen molar-refractivity contribution >= 4 is 0 Å². The molecule has 0 amide bonds. The van der Waals surface area contributed by atoms with Gasteiger partial charge in [-0.3, -0.25) is 0 Å². The molecular weight excluding hydrogens is 676 g/mol. The summed E-state index contributed by atoms with van der Waals surface area (Å²) in [6, 6.07) is 17.6. The first-order valence-electron chi connectivity index (χ1n) is 16.5. The van der Waals surface area contributed by atoms with Crippen LogP contribution in [-0.4, -0.2) is 0 Å². The predicted octanol–water partition coefficient (Wildman–Crippen LogP) is 12.5. The zero-order valence-corrected chi connectivity index (χ0v) is 32.1. The summed E-state index contributed by atoms with van der Waals surface area (Å²) < 4.78 is 0. The molecule has 1 heteroatoms. The van der Waals surface area contributed by atoms with Gasteiger partial charge in [0.15, 0.2) is 0 Å². The standard InChI is InChI=1S/C15H14.2C11H18.2C2H6.W/c1-3-7-14-11-15-8-4-2-6-13(15)10-9-12(14)5-1;2*1-8(2)10(4)11-6-5-9(3)7-11;2*1-2;/h1-8H,9-11H2;2*5-6,8,10H,7H2,1-4H3;2*1-2H3;. The van der Waals surface area contributed by atoms with Crippen LogP contribution in [-0.2, 0) is 40.3 Å². The summed E-state index contributed by atoms with van der Waals surface area (Å²) in [5.74, 6) is 3.06. The molecule has 0 bridgehead atoms. The fraction of sp³-hybridized carbons (Fsp3) is 0.512. The molecule has 0 fully saturated rings. The number of rotatable bonds is 4. The van der Waals surface area contributed by atoms with Crippen molar-refractivity contribution in [2.24, 2.45) is 23.7 Å².